The maximum absolute atomic E-state index is 10.4. The fourth-order valence-corrected chi connectivity index (χ4v) is 2.46. The van der Waals surface area contributed by atoms with E-state index in [0.29, 0.717) is 22.9 Å². The van der Waals surface area contributed by atoms with E-state index in [9.17, 15) is 20.4 Å². The van der Waals surface area contributed by atoms with Crippen molar-refractivity contribution in [2.75, 3.05) is 39.8 Å². The molecule has 2 rings (SSSR count). The zero-order valence-electron chi connectivity index (χ0n) is 13.7. The fourth-order valence-electron chi connectivity index (χ4n) is 2.46. The van der Waals surface area contributed by atoms with E-state index < -0.39 is 24.1 Å². The number of rotatable bonds is 6. The van der Waals surface area contributed by atoms with E-state index in [1.54, 1.807) is 12.1 Å². The molecule has 0 bridgehead atoms. The second-order valence-electron chi connectivity index (χ2n) is 5.43. The average molecular weight is 345 g/mol. The molecule has 0 amide bonds. The van der Waals surface area contributed by atoms with Gasteiger partial charge in [0.1, 0.15) is 18.3 Å². The van der Waals surface area contributed by atoms with E-state index in [1.165, 1.54) is 21.3 Å². The lowest BCUT2D eigenvalue weighted by atomic mass is 9.97. The Morgan fingerprint density at radius 3 is 2.21 bits per heavy atom. The van der Waals surface area contributed by atoms with Crippen LogP contribution < -0.4 is 19.5 Å². The summed E-state index contributed by atoms with van der Waals surface area (Å²) in [5, 5.41) is 42.3. The summed E-state index contributed by atoms with van der Waals surface area (Å²) in [7, 11) is 4.43. The minimum atomic E-state index is -2.06. The van der Waals surface area contributed by atoms with E-state index in [0.717, 1.165) is 0 Å². The first kappa shape index (κ1) is 18.6. The summed E-state index contributed by atoms with van der Waals surface area (Å²) in [4.78, 5) is 0. The second kappa shape index (κ2) is 7.41. The molecule has 136 valence electrons. The summed E-state index contributed by atoms with van der Waals surface area (Å²) in [5.41, 5.74) is 0.509. The van der Waals surface area contributed by atoms with Crippen molar-refractivity contribution in [1.82, 2.24) is 0 Å². The number of anilines is 1. The van der Waals surface area contributed by atoms with Crippen molar-refractivity contribution >= 4 is 5.69 Å². The monoisotopic (exact) mass is 345 g/mol. The summed E-state index contributed by atoms with van der Waals surface area (Å²) in [6, 6.07) is 3.23. The SMILES string of the molecule is COc1cc(NC[C@@]2(O)OC[C@@H](O)[C@@H](O)[C@@H]2O)cc(OC)c1OC. The highest BCUT2D eigenvalue weighted by molar-refractivity contribution is 5.62. The van der Waals surface area contributed by atoms with Gasteiger partial charge in [0.25, 0.3) is 0 Å². The summed E-state index contributed by atoms with van der Waals surface area (Å²) >= 11 is 0. The van der Waals surface area contributed by atoms with Crippen LogP contribution in [0, 0.1) is 0 Å². The van der Waals surface area contributed by atoms with Gasteiger partial charge in [-0.2, -0.15) is 0 Å². The van der Waals surface area contributed by atoms with Crippen molar-refractivity contribution in [1.29, 1.82) is 0 Å². The minimum absolute atomic E-state index is 0.239. The molecule has 1 aromatic carbocycles. The molecule has 0 radical (unpaired) electrons. The maximum atomic E-state index is 10.4. The predicted molar refractivity (Wildman–Crippen MR) is 83.5 cm³/mol. The number of hydrogen-bond acceptors (Lipinski definition) is 9. The standard InChI is InChI=1S/C15H23NO8/c1-21-10-4-8(5-11(22-2)13(10)23-3)16-7-15(20)14(19)12(18)9(17)6-24-15/h4-5,9,12,14,16-20H,6-7H2,1-3H3/t9-,12-,14+,15-/m1/s1. The molecule has 0 aliphatic carbocycles. The Morgan fingerprint density at radius 1 is 1.12 bits per heavy atom. The van der Waals surface area contributed by atoms with E-state index in [1.807, 2.05) is 0 Å². The lowest BCUT2D eigenvalue weighted by Crippen LogP contribution is -2.63. The van der Waals surface area contributed by atoms with Gasteiger partial charge in [-0.05, 0) is 0 Å². The van der Waals surface area contributed by atoms with Crippen molar-refractivity contribution in [2.45, 2.75) is 24.1 Å². The van der Waals surface area contributed by atoms with Crippen LogP contribution in [-0.4, -0.2) is 79.0 Å². The third-order valence-corrected chi connectivity index (χ3v) is 3.89. The van der Waals surface area contributed by atoms with Gasteiger partial charge in [0, 0.05) is 17.8 Å². The van der Waals surface area contributed by atoms with Crippen LogP contribution in [0.15, 0.2) is 12.1 Å². The molecule has 1 fully saturated rings. The highest BCUT2D eigenvalue weighted by atomic mass is 16.6. The minimum Gasteiger partial charge on any atom is -0.493 e. The Bertz CT molecular complexity index is 543. The highest BCUT2D eigenvalue weighted by Gasteiger charge is 2.48. The number of benzene rings is 1. The third kappa shape index (κ3) is 3.50. The number of aliphatic hydroxyl groups excluding tert-OH is 3. The third-order valence-electron chi connectivity index (χ3n) is 3.89. The van der Waals surface area contributed by atoms with Gasteiger partial charge in [0.15, 0.2) is 11.5 Å². The topological polar surface area (TPSA) is 130 Å². The highest BCUT2D eigenvalue weighted by Crippen LogP contribution is 2.40. The van der Waals surface area contributed by atoms with Gasteiger partial charge < -0.3 is 44.7 Å². The van der Waals surface area contributed by atoms with Crippen molar-refractivity contribution in [3.8, 4) is 17.2 Å². The number of aliphatic hydroxyl groups is 4. The molecule has 1 aliphatic rings. The van der Waals surface area contributed by atoms with Crippen molar-refractivity contribution in [3.63, 3.8) is 0 Å². The molecule has 1 heterocycles. The van der Waals surface area contributed by atoms with Crippen molar-refractivity contribution in [3.05, 3.63) is 12.1 Å². The first-order valence-electron chi connectivity index (χ1n) is 7.30. The molecule has 0 spiro atoms. The fraction of sp³-hybridized carbons (Fsp3) is 0.600. The van der Waals surface area contributed by atoms with Crippen molar-refractivity contribution < 1.29 is 39.4 Å². The molecule has 0 saturated carbocycles. The van der Waals surface area contributed by atoms with E-state index in [4.69, 9.17) is 18.9 Å². The van der Waals surface area contributed by atoms with Crippen LogP contribution in [-0.2, 0) is 4.74 Å². The molecule has 4 atom stereocenters. The quantitative estimate of drug-likeness (QED) is 0.437. The summed E-state index contributed by atoms with van der Waals surface area (Å²) in [5.74, 6) is -0.824. The molecule has 9 heteroatoms. The smallest absolute Gasteiger partial charge is 0.212 e. The molecule has 0 aromatic heterocycles. The summed E-state index contributed by atoms with van der Waals surface area (Å²) in [6.07, 6.45) is -4.44. The van der Waals surface area contributed by atoms with Crippen LogP contribution in [0.2, 0.25) is 0 Å². The first-order chi connectivity index (χ1) is 11.4. The Hall–Kier alpha value is -1.78. The van der Waals surface area contributed by atoms with Gasteiger partial charge in [0.2, 0.25) is 11.5 Å². The van der Waals surface area contributed by atoms with E-state index in [2.05, 4.69) is 5.32 Å². The normalized spacial score (nSPS) is 29.9. The molecule has 1 aliphatic heterocycles. The molecule has 5 N–H and O–H groups in total. The van der Waals surface area contributed by atoms with Gasteiger partial charge >= 0.3 is 0 Å². The van der Waals surface area contributed by atoms with Crippen molar-refractivity contribution in [2.24, 2.45) is 0 Å². The van der Waals surface area contributed by atoms with Crippen LogP contribution in [0.3, 0.4) is 0 Å². The number of nitrogens with one attached hydrogen (secondary N) is 1. The van der Waals surface area contributed by atoms with Gasteiger partial charge in [-0.1, -0.05) is 0 Å². The lowest BCUT2D eigenvalue weighted by molar-refractivity contribution is -0.313. The number of methoxy groups -OCH3 is 3. The lowest BCUT2D eigenvalue weighted by Gasteiger charge is -2.41. The average Bonchev–Trinajstić information content (AvgIpc) is 2.60. The number of hydrogen-bond donors (Lipinski definition) is 5. The van der Waals surface area contributed by atoms with Crippen LogP contribution in [0.25, 0.3) is 0 Å². The Labute approximate surface area is 139 Å². The first-order valence-corrected chi connectivity index (χ1v) is 7.30. The van der Waals surface area contributed by atoms with Gasteiger partial charge in [-0.15, -0.1) is 0 Å². The van der Waals surface area contributed by atoms with E-state index in [-0.39, 0.29) is 13.2 Å². The summed E-state index contributed by atoms with van der Waals surface area (Å²) < 4.78 is 20.8. The second-order valence-corrected chi connectivity index (χ2v) is 5.43. The molecule has 0 unspecified atom stereocenters. The molecule has 1 aromatic rings. The summed E-state index contributed by atoms with van der Waals surface area (Å²) in [6.45, 7) is -0.539. The van der Waals surface area contributed by atoms with Crippen LogP contribution in [0.1, 0.15) is 0 Å². The zero-order valence-corrected chi connectivity index (χ0v) is 13.7. The molecular weight excluding hydrogens is 322 g/mol. The van der Waals surface area contributed by atoms with Gasteiger partial charge in [-0.3, -0.25) is 0 Å². The molecule has 24 heavy (non-hydrogen) atoms. The zero-order chi connectivity index (χ0) is 17.9. The van der Waals surface area contributed by atoms with Gasteiger partial charge in [-0.25, -0.2) is 0 Å². The Morgan fingerprint density at radius 2 is 1.71 bits per heavy atom. The predicted octanol–water partition coefficient (Wildman–Crippen LogP) is -1.07. The molecule has 1 saturated heterocycles. The van der Waals surface area contributed by atoms with Crippen LogP contribution in [0.5, 0.6) is 17.2 Å². The largest absolute Gasteiger partial charge is 0.493 e. The maximum Gasteiger partial charge on any atom is 0.212 e. The van der Waals surface area contributed by atoms with E-state index >= 15 is 0 Å². The Balaban J connectivity index is 2.17. The van der Waals surface area contributed by atoms with Gasteiger partial charge in [0.05, 0.1) is 34.5 Å². The molecule has 9 nitrogen and oxygen atoms in total. The number of ether oxygens (including phenoxy) is 4. The Kier molecular flexibility index (Phi) is 5.73. The van der Waals surface area contributed by atoms with Crippen LogP contribution >= 0.6 is 0 Å². The van der Waals surface area contributed by atoms with Crippen LogP contribution in [0.4, 0.5) is 5.69 Å². The molecular formula is C15H23NO8.